The Morgan fingerprint density at radius 2 is 1.88 bits per heavy atom. The summed E-state index contributed by atoms with van der Waals surface area (Å²) in [4.78, 5) is 0. The van der Waals surface area contributed by atoms with Gasteiger partial charge < -0.3 is 15.4 Å². The van der Waals surface area contributed by atoms with Crippen molar-refractivity contribution in [2.75, 3.05) is 20.3 Å². The van der Waals surface area contributed by atoms with Gasteiger partial charge in [0, 0.05) is 36.7 Å². The lowest BCUT2D eigenvalue weighted by molar-refractivity contribution is 0.208. The van der Waals surface area contributed by atoms with Crippen LogP contribution < -0.4 is 15.4 Å². The minimum atomic E-state index is -0.276. The summed E-state index contributed by atoms with van der Waals surface area (Å²) >= 11 is 0. The van der Waals surface area contributed by atoms with Gasteiger partial charge >= 0.3 is 0 Å². The van der Waals surface area contributed by atoms with E-state index >= 15 is 0 Å². The zero-order chi connectivity index (χ0) is 16.8. The molecule has 0 amide bonds. The Hall–Kier alpha value is -1.91. The Labute approximate surface area is 143 Å². The number of benzene rings is 2. The minimum absolute atomic E-state index is 0.0696. The number of nitrogens with one attached hydrogen (secondary N) is 2. The lowest BCUT2D eigenvalue weighted by atomic mass is 9.87. The van der Waals surface area contributed by atoms with Crippen LogP contribution in [0, 0.1) is 5.92 Å². The molecule has 0 spiro atoms. The minimum Gasteiger partial charge on any atom is -0.496 e. The predicted octanol–water partition coefficient (Wildman–Crippen LogP) is 3.47. The van der Waals surface area contributed by atoms with Crippen LogP contribution in [-0.2, 0) is 6.54 Å². The fraction of sp³-hybridized carbons (Fsp3) is 0.400. The predicted molar refractivity (Wildman–Crippen MR) is 94.9 cm³/mol. The Morgan fingerprint density at radius 3 is 2.62 bits per heavy atom. The van der Waals surface area contributed by atoms with Gasteiger partial charge in [-0.3, -0.25) is 4.39 Å². The van der Waals surface area contributed by atoms with Crippen LogP contribution in [0.25, 0.3) is 0 Å². The summed E-state index contributed by atoms with van der Waals surface area (Å²) in [5.41, 5.74) is 2.36. The van der Waals surface area contributed by atoms with E-state index < -0.39 is 0 Å². The SMILES string of the molecule is COc1ccccc1CNC1CC(CF)CNC1c1ccccc1. The van der Waals surface area contributed by atoms with Gasteiger partial charge in [0.15, 0.2) is 0 Å². The second-order valence-corrected chi connectivity index (χ2v) is 6.35. The quantitative estimate of drug-likeness (QED) is 0.852. The number of methoxy groups -OCH3 is 1. The van der Waals surface area contributed by atoms with Gasteiger partial charge in [0.05, 0.1) is 13.8 Å². The molecule has 0 saturated carbocycles. The molecule has 2 N–H and O–H groups in total. The van der Waals surface area contributed by atoms with Crippen LogP contribution in [0.1, 0.15) is 23.6 Å². The first-order valence-electron chi connectivity index (χ1n) is 8.51. The highest BCUT2D eigenvalue weighted by Crippen LogP contribution is 2.27. The molecule has 3 atom stereocenters. The molecule has 1 aliphatic rings. The van der Waals surface area contributed by atoms with Crippen molar-refractivity contribution in [3.63, 3.8) is 0 Å². The van der Waals surface area contributed by atoms with E-state index in [4.69, 9.17) is 4.74 Å². The Kier molecular flexibility index (Phi) is 5.83. The molecule has 0 bridgehead atoms. The van der Waals surface area contributed by atoms with Crippen LogP contribution in [0.15, 0.2) is 54.6 Å². The van der Waals surface area contributed by atoms with Crippen LogP contribution >= 0.6 is 0 Å². The normalized spacial score (nSPS) is 23.8. The fourth-order valence-corrected chi connectivity index (χ4v) is 3.43. The molecule has 2 aromatic carbocycles. The van der Waals surface area contributed by atoms with Crippen molar-refractivity contribution in [1.29, 1.82) is 0 Å². The Balaban J connectivity index is 1.73. The number of rotatable bonds is 6. The first-order valence-corrected chi connectivity index (χ1v) is 8.51. The Morgan fingerprint density at radius 1 is 1.12 bits per heavy atom. The zero-order valence-corrected chi connectivity index (χ0v) is 14.0. The van der Waals surface area contributed by atoms with E-state index in [2.05, 4.69) is 41.0 Å². The molecular formula is C20H25FN2O. The monoisotopic (exact) mass is 328 g/mol. The van der Waals surface area contributed by atoms with Crippen molar-refractivity contribution >= 4 is 0 Å². The molecule has 2 aromatic rings. The van der Waals surface area contributed by atoms with E-state index in [0.29, 0.717) is 6.54 Å². The van der Waals surface area contributed by atoms with Crippen molar-refractivity contribution in [3.8, 4) is 5.75 Å². The molecule has 0 aromatic heterocycles. The van der Waals surface area contributed by atoms with Gasteiger partial charge in [-0.2, -0.15) is 0 Å². The zero-order valence-electron chi connectivity index (χ0n) is 14.0. The summed E-state index contributed by atoms with van der Waals surface area (Å²) in [6.07, 6.45) is 0.832. The lowest BCUT2D eigenvalue weighted by Crippen LogP contribution is -2.49. The standard InChI is InChI=1S/C20H25FN2O/c1-24-19-10-6-5-9-17(19)14-22-18-11-15(12-21)13-23-20(18)16-7-3-2-4-8-16/h2-10,15,18,20,22-23H,11-14H2,1H3. The van der Waals surface area contributed by atoms with E-state index in [1.54, 1.807) is 7.11 Å². The van der Waals surface area contributed by atoms with Gasteiger partial charge in [-0.05, 0) is 18.1 Å². The van der Waals surface area contributed by atoms with Crippen LogP contribution in [0.2, 0.25) is 0 Å². The second kappa shape index (κ2) is 8.27. The Bertz CT molecular complexity index is 635. The maximum absolute atomic E-state index is 13.2. The molecular weight excluding hydrogens is 303 g/mol. The number of piperidine rings is 1. The summed E-state index contributed by atoms with van der Waals surface area (Å²) in [6.45, 7) is 1.16. The van der Waals surface area contributed by atoms with Gasteiger partial charge in [0.1, 0.15) is 5.75 Å². The van der Waals surface area contributed by atoms with Crippen molar-refractivity contribution in [3.05, 3.63) is 65.7 Å². The van der Waals surface area contributed by atoms with E-state index in [-0.39, 0.29) is 24.7 Å². The van der Waals surface area contributed by atoms with Crippen LogP contribution in [0.5, 0.6) is 5.75 Å². The summed E-state index contributed by atoms with van der Waals surface area (Å²) < 4.78 is 18.6. The maximum Gasteiger partial charge on any atom is 0.123 e. The van der Waals surface area contributed by atoms with Gasteiger partial charge in [-0.1, -0.05) is 48.5 Å². The number of para-hydroxylation sites is 1. The third-order valence-electron chi connectivity index (χ3n) is 4.74. The summed E-state index contributed by atoms with van der Waals surface area (Å²) in [6, 6.07) is 18.8. The van der Waals surface area contributed by atoms with E-state index in [0.717, 1.165) is 24.3 Å². The molecule has 1 heterocycles. The number of hydrogen-bond acceptors (Lipinski definition) is 3. The highest BCUT2D eigenvalue weighted by atomic mass is 19.1. The van der Waals surface area contributed by atoms with Crippen molar-refractivity contribution < 1.29 is 9.13 Å². The molecule has 1 fully saturated rings. The van der Waals surface area contributed by atoms with Crippen molar-refractivity contribution in [1.82, 2.24) is 10.6 Å². The summed E-state index contributed by atoms with van der Waals surface area (Å²) in [5, 5.41) is 7.13. The molecule has 1 aliphatic heterocycles. The third-order valence-corrected chi connectivity index (χ3v) is 4.74. The van der Waals surface area contributed by atoms with Gasteiger partial charge in [0.2, 0.25) is 0 Å². The highest BCUT2D eigenvalue weighted by Gasteiger charge is 2.30. The van der Waals surface area contributed by atoms with E-state index in [9.17, 15) is 4.39 Å². The first-order chi connectivity index (χ1) is 11.8. The van der Waals surface area contributed by atoms with Crippen LogP contribution in [0.3, 0.4) is 0 Å². The molecule has 4 heteroatoms. The van der Waals surface area contributed by atoms with Gasteiger partial charge in [0.25, 0.3) is 0 Å². The molecule has 3 rings (SSSR count). The van der Waals surface area contributed by atoms with E-state index in [1.807, 2.05) is 24.3 Å². The molecule has 24 heavy (non-hydrogen) atoms. The lowest BCUT2D eigenvalue weighted by Gasteiger charge is -2.37. The average molecular weight is 328 g/mol. The van der Waals surface area contributed by atoms with Gasteiger partial charge in [-0.25, -0.2) is 0 Å². The highest BCUT2D eigenvalue weighted by molar-refractivity contribution is 5.33. The number of halogens is 1. The molecule has 0 aliphatic carbocycles. The number of hydrogen-bond donors (Lipinski definition) is 2. The van der Waals surface area contributed by atoms with Gasteiger partial charge in [-0.15, -0.1) is 0 Å². The molecule has 3 nitrogen and oxygen atoms in total. The largest absolute Gasteiger partial charge is 0.496 e. The number of alkyl halides is 1. The first kappa shape index (κ1) is 16.9. The topological polar surface area (TPSA) is 33.3 Å². The number of ether oxygens (including phenoxy) is 1. The molecule has 128 valence electrons. The van der Waals surface area contributed by atoms with Crippen LogP contribution in [0.4, 0.5) is 4.39 Å². The summed E-state index contributed by atoms with van der Waals surface area (Å²) in [5.74, 6) is 0.951. The van der Waals surface area contributed by atoms with Crippen molar-refractivity contribution in [2.24, 2.45) is 5.92 Å². The van der Waals surface area contributed by atoms with Crippen molar-refractivity contribution in [2.45, 2.75) is 25.0 Å². The average Bonchev–Trinajstić information content (AvgIpc) is 2.67. The smallest absolute Gasteiger partial charge is 0.123 e. The fourth-order valence-electron chi connectivity index (χ4n) is 3.43. The summed E-state index contributed by atoms with van der Waals surface area (Å²) in [7, 11) is 1.69. The van der Waals surface area contributed by atoms with E-state index in [1.165, 1.54) is 5.56 Å². The third kappa shape index (κ3) is 3.94. The second-order valence-electron chi connectivity index (χ2n) is 6.35. The molecule has 0 radical (unpaired) electrons. The maximum atomic E-state index is 13.2. The molecule has 3 unspecified atom stereocenters. The van der Waals surface area contributed by atoms with Crippen LogP contribution in [-0.4, -0.2) is 26.4 Å². The molecule has 1 saturated heterocycles.